The summed E-state index contributed by atoms with van der Waals surface area (Å²) in [5, 5.41) is 6.67. The van der Waals surface area contributed by atoms with E-state index >= 15 is 0 Å². The lowest BCUT2D eigenvalue weighted by Crippen LogP contribution is -2.25. The van der Waals surface area contributed by atoms with Crippen molar-refractivity contribution >= 4 is 34.1 Å². The second-order valence-corrected chi connectivity index (χ2v) is 6.05. The first-order chi connectivity index (χ1) is 12.1. The lowest BCUT2D eigenvalue weighted by Gasteiger charge is -2.18. The average Bonchev–Trinajstić information content (AvgIpc) is 2.90. The number of carbonyl (C=O) groups excluding carboxylic acids is 2. The number of benzene rings is 2. The number of carbonyl (C=O) groups is 2. The third-order valence-electron chi connectivity index (χ3n) is 4.26. The molecule has 0 fully saturated rings. The van der Waals surface area contributed by atoms with Gasteiger partial charge in [0.25, 0.3) is 5.91 Å². The fraction of sp³-hybridized carbons (Fsp3) is 0.158. The lowest BCUT2D eigenvalue weighted by molar-refractivity contribution is -0.118. The lowest BCUT2D eigenvalue weighted by atomic mass is 10.1. The van der Waals surface area contributed by atoms with E-state index in [9.17, 15) is 9.59 Å². The highest BCUT2D eigenvalue weighted by Crippen LogP contribution is 2.30. The highest BCUT2D eigenvalue weighted by molar-refractivity contribution is 5.99. The third-order valence-corrected chi connectivity index (χ3v) is 4.26. The molecule has 0 bridgehead atoms. The molecule has 0 atom stereocenters. The van der Waals surface area contributed by atoms with Crippen LogP contribution in [0, 0.1) is 6.92 Å². The minimum atomic E-state index is -0.203. The van der Waals surface area contributed by atoms with Gasteiger partial charge in [-0.3, -0.25) is 9.59 Å². The van der Waals surface area contributed by atoms with Gasteiger partial charge in [0.15, 0.2) is 6.61 Å². The molecular weight excluding hydrogens is 318 g/mol. The number of hydrogen-bond acceptors (Lipinski definition) is 3. The number of aromatic amines is 1. The van der Waals surface area contributed by atoms with E-state index < -0.39 is 0 Å². The van der Waals surface area contributed by atoms with E-state index in [4.69, 9.17) is 4.74 Å². The van der Waals surface area contributed by atoms with Crippen molar-refractivity contribution in [2.45, 2.75) is 13.3 Å². The molecule has 0 saturated carbocycles. The minimum Gasteiger partial charge on any atom is -0.482 e. The van der Waals surface area contributed by atoms with E-state index in [1.54, 1.807) is 18.2 Å². The first-order valence-corrected chi connectivity index (χ1v) is 8.03. The summed E-state index contributed by atoms with van der Waals surface area (Å²) in [5.41, 5.74) is 4.19. The van der Waals surface area contributed by atoms with Crippen LogP contribution in [0.25, 0.3) is 10.9 Å². The molecule has 0 aliphatic carbocycles. The molecule has 4 rings (SSSR count). The zero-order valence-electron chi connectivity index (χ0n) is 13.7. The normalized spacial score (nSPS) is 13.1. The summed E-state index contributed by atoms with van der Waals surface area (Å²) in [6.07, 6.45) is 0.274. The van der Waals surface area contributed by atoms with E-state index in [0.29, 0.717) is 17.1 Å². The monoisotopic (exact) mass is 335 g/mol. The molecule has 0 radical (unpaired) electrons. The number of fused-ring (bicyclic) bond motifs is 2. The Morgan fingerprint density at radius 1 is 1.24 bits per heavy atom. The second kappa shape index (κ2) is 5.98. The zero-order valence-corrected chi connectivity index (χ0v) is 13.7. The Balaban J connectivity index is 1.53. The summed E-state index contributed by atoms with van der Waals surface area (Å²) < 4.78 is 5.32. The predicted molar refractivity (Wildman–Crippen MR) is 95.9 cm³/mol. The maximum Gasteiger partial charge on any atom is 0.262 e. The maximum absolute atomic E-state index is 12.5. The largest absolute Gasteiger partial charge is 0.482 e. The number of hydrogen-bond donors (Lipinski definition) is 3. The number of anilines is 2. The van der Waals surface area contributed by atoms with E-state index in [2.05, 4.69) is 15.6 Å². The van der Waals surface area contributed by atoms with Crippen molar-refractivity contribution in [3.63, 3.8) is 0 Å². The van der Waals surface area contributed by atoms with Gasteiger partial charge in [0, 0.05) is 22.3 Å². The van der Waals surface area contributed by atoms with E-state index in [0.717, 1.165) is 22.2 Å². The molecule has 3 N–H and O–H groups in total. The molecule has 3 aromatic rings. The number of rotatable bonds is 3. The fourth-order valence-corrected chi connectivity index (χ4v) is 3.09. The number of H-pyrrole nitrogens is 1. The number of aromatic nitrogens is 1. The van der Waals surface area contributed by atoms with Crippen LogP contribution in [0.1, 0.15) is 11.3 Å². The van der Waals surface area contributed by atoms with Crippen LogP contribution >= 0.6 is 0 Å². The quantitative estimate of drug-likeness (QED) is 0.688. The molecule has 6 heteroatoms. The topological polar surface area (TPSA) is 83.2 Å². The van der Waals surface area contributed by atoms with Crippen molar-refractivity contribution < 1.29 is 14.3 Å². The standard InChI is InChI=1S/C19H17N3O3/c1-11-14(13-4-2-3-5-15(13)20-11)9-18(23)21-12-6-7-17-16(8-12)22-19(24)10-25-17/h2-8,20H,9-10H2,1H3,(H,21,23)(H,22,24). The first kappa shape index (κ1) is 15.3. The van der Waals surface area contributed by atoms with Crippen LogP contribution in [0.5, 0.6) is 5.75 Å². The molecule has 1 aromatic heterocycles. The number of nitrogens with one attached hydrogen (secondary N) is 3. The van der Waals surface area contributed by atoms with E-state index in [-0.39, 0.29) is 24.8 Å². The Bertz CT molecular complexity index is 991. The van der Waals surface area contributed by atoms with Crippen LogP contribution in [0.4, 0.5) is 11.4 Å². The number of aryl methyl sites for hydroxylation is 1. The Morgan fingerprint density at radius 2 is 2.08 bits per heavy atom. The molecule has 2 heterocycles. The van der Waals surface area contributed by atoms with Gasteiger partial charge in [0.2, 0.25) is 5.91 Å². The molecular formula is C19H17N3O3. The number of para-hydroxylation sites is 1. The number of amides is 2. The molecule has 1 aliphatic rings. The average molecular weight is 335 g/mol. The van der Waals surface area contributed by atoms with Crippen molar-refractivity contribution in [1.82, 2.24) is 4.98 Å². The van der Waals surface area contributed by atoms with E-state index in [1.165, 1.54) is 0 Å². The SMILES string of the molecule is Cc1[nH]c2ccccc2c1CC(=O)Nc1ccc2c(c1)NC(=O)CO2. The predicted octanol–water partition coefficient (Wildman–Crippen LogP) is 2.99. The Morgan fingerprint density at radius 3 is 2.96 bits per heavy atom. The summed E-state index contributed by atoms with van der Waals surface area (Å²) >= 11 is 0. The molecule has 0 spiro atoms. The maximum atomic E-state index is 12.5. The summed E-state index contributed by atoms with van der Waals surface area (Å²) in [4.78, 5) is 27.2. The van der Waals surface area contributed by atoms with Gasteiger partial charge in [-0.25, -0.2) is 0 Å². The molecule has 1 aliphatic heterocycles. The summed E-state index contributed by atoms with van der Waals surface area (Å²) in [6, 6.07) is 13.1. The first-order valence-electron chi connectivity index (χ1n) is 8.03. The molecule has 6 nitrogen and oxygen atoms in total. The van der Waals surface area contributed by atoms with Crippen LogP contribution in [-0.2, 0) is 16.0 Å². The van der Waals surface area contributed by atoms with Gasteiger partial charge in [-0.15, -0.1) is 0 Å². The van der Waals surface area contributed by atoms with Crippen molar-refractivity contribution in [3.05, 3.63) is 53.7 Å². The van der Waals surface area contributed by atoms with Crippen molar-refractivity contribution in [3.8, 4) is 5.75 Å². The van der Waals surface area contributed by atoms with Gasteiger partial charge in [0.05, 0.1) is 12.1 Å². The Hall–Kier alpha value is -3.28. The molecule has 25 heavy (non-hydrogen) atoms. The van der Waals surface area contributed by atoms with Crippen LogP contribution in [0.2, 0.25) is 0 Å². The van der Waals surface area contributed by atoms with Gasteiger partial charge < -0.3 is 20.4 Å². The minimum absolute atomic E-state index is 0.0124. The highest BCUT2D eigenvalue weighted by Gasteiger charge is 2.17. The molecule has 0 unspecified atom stereocenters. The summed E-state index contributed by atoms with van der Waals surface area (Å²) in [7, 11) is 0. The smallest absolute Gasteiger partial charge is 0.262 e. The molecule has 2 amide bonds. The van der Waals surface area contributed by atoms with Crippen LogP contribution < -0.4 is 15.4 Å². The molecule has 2 aromatic carbocycles. The van der Waals surface area contributed by atoms with Crippen molar-refractivity contribution in [2.75, 3.05) is 17.2 Å². The van der Waals surface area contributed by atoms with E-state index in [1.807, 2.05) is 31.2 Å². The summed E-state index contributed by atoms with van der Waals surface area (Å²) in [6.45, 7) is 1.98. The van der Waals surface area contributed by atoms with Crippen LogP contribution in [-0.4, -0.2) is 23.4 Å². The molecule has 126 valence electrons. The van der Waals surface area contributed by atoms with Crippen LogP contribution in [0.3, 0.4) is 0 Å². The van der Waals surface area contributed by atoms with Gasteiger partial charge in [-0.1, -0.05) is 18.2 Å². The zero-order chi connectivity index (χ0) is 17.4. The van der Waals surface area contributed by atoms with Gasteiger partial charge in [-0.05, 0) is 36.8 Å². The van der Waals surface area contributed by atoms with Crippen LogP contribution in [0.15, 0.2) is 42.5 Å². The van der Waals surface area contributed by atoms with Crippen molar-refractivity contribution in [1.29, 1.82) is 0 Å². The summed E-state index contributed by atoms with van der Waals surface area (Å²) in [5.74, 6) is 0.284. The van der Waals surface area contributed by atoms with Gasteiger partial charge in [-0.2, -0.15) is 0 Å². The van der Waals surface area contributed by atoms with Crippen molar-refractivity contribution in [2.24, 2.45) is 0 Å². The Labute approximate surface area is 144 Å². The molecule has 0 saturated heterocycles. The second-order valence-electron chi connectivity index (χ2n) is 6.05. The van der Waals surface area contributed by atoms with Gasteiger partial charge >= 0.3 is 0 Å². The highest BCUT2D eigenvalue weighted by atomic mass is 16.5. The Kier molecular flexibility index (Phi) is 3.65. The fourth-order valence-electron chi connectivity index (χ4n) is 3.09. The third kappa shape index (κ3) is 2.94. The number of ether oxygens (including phenoxy) is 1. The van der Waals surface area contributed by atoms with Gasteiger partial charge in [0.1, 0.15) is 5.75 Å².